The SMILES string of the molecule is COc1ccc2c(c1)OC(CCN1CCCCC1=O)[N+]2=O.COc1ccc2c(c1)OC(CCNC(=O)C(C)Br)[N+]2=O. The molecule has 3 atom stereocenters. The summed E-state index contributed by atoms with van der Waals surface area (Å²) in [7, 11) is 3.13. The molecular formula is C28H35BrN4O8+2. The Morgan fingerprint density at radius 2 is 1.56 bits per heavy atom. The number of piperidine rings is 1. The number of carbonyl (C=O) groups is 2. The summed E-state index contributed by atoms with van der Waals surface area (Å²) in [5.74, 6) is 2.41. The Morgan fingerprint density at radius 1 is 1.00 bits per heavy atom. The fourth-order valence-corrected chi connectivity index (χ4v) is 4.83. The number of ether oxygens (including phenoxy) is 4. The molecule has 2 aromatic carbocycles. The summed E-state index contributed by atoms with van der Waals surface area (Å²) in [6.45, 7) is 3.46. The van der Waals surface area contributed by atoms with Crippen LogP contribution in [-0.4, -0.2) is 77.4 Å². The van der Waals surface area contributed by atoms with Crippen LogP contribution >= 0.6 is 15.9 Å². The highest BCUT2D eigenvalue weighted by Gasteiger charge is 2.42. The molecule has 0 spiro atoms. The fraction of sp³-hybridized carbons (Fsp3) is 0.500. The lowest BCUT2D eigenvalue weighted by atomic mass is 10.1. The number of hydrogen-bond acceptors (Lipinski definition) is 8. The van der Waals surface area contributed by atoms with Gasteiger partial charge >= 0.3 is 23.8 Å². The number of halogens is 1. The van der Waals surface area contributed by atoms with E-state index < -0.39 is 12.5 Å². The third-order valence-corrected chi connectivity index (χ3v) is 7.39. The molecule has 3 unspecified atom stereocenters. The van der Waals surface area contributed by atoms with E-state index >= 15 is 0 Å². The third kappa shape index (κ3) is 7.32. The van der Waals surface area contributed by atoms with E-state index in [9.17, 15) is 19.4 Å². The van der Waals surface area contributed by atoms with Gasteiger partial charge in [-0.3, -0.25) is 9.59 Å². The Bertz CT molecular complexity index is 1300. The summed E-state index contributed by atoms with van der Waals surface area (Å²) < 4.78 is 23.2. The molecule has 41 heavy (non-hydrogen) atoms. The van der Waals surface area contributed by atoms with Crippen molar-refractivity contribution in [2.24, 2.45) is 0 Å². The van der Waals surface area contributed by atoms with Gasteiger partial charge in [0, 0.05) is 60.1 Å². The largest absolute Gasteiger partial charge is 0.497 e. The van der Waals surface area contributed by atoms with Gasteiger partial charge in [0.2, 0.25) is 23.3 Å². The lowest BCUT2D eigenvalue weighted by molar-refractivity contribution is -0.529. The van der Waals surface area contributed by atoms with Gasteiger partial charge in [-0.15, -0.1) is 0 Å². The Balaban J connectivity index is 0.000000189. The number of nitrogens with one attached hydrogen (secondary N) is 1. The maximum atomic E-state index is 12.2. The van der Waals surface area contributed by atoms with Gasteiger partial charge in [-0.25, -0.2) is 0 Å². The maximum absolute atomic E-state index is 12.2. The van der Waals surface area contributed by atoms with E-state index in [1.165, 1.54) is 0 Å². The number of carbonyl (C=O) groups excluding carboxylic acids is 2. The van der Waals surface area contributed by atoms with Gasteiger partial charge < -0.3 is 29.2 Å². The number of nitroso groups, excluding NO2 is 2. The lowest BCUT2D eigenvalue weighted by Crippen LogP contribution is -2.38. The van der Waals surface area contributed by atoms with E-state index in [1.807, 2.05) is 4.90 Å². The van der Waals surface area contributed by atoms with Crippen molar-refractivity contribution in [1.82, 2.24) is 10.2 Å². The summed E-state index contributed by atoms with van der Waals surface area (Å²) in [5.41, 5.74) is 1.00. The van der Waals surface area contributed by atoms with Gasteiger partial charge in [-0.2, -0.15) is 0 Å². The molecule has 12 nitrogen and oxygen atoms in total. The number of alkyl halides is 1. The standard InChI is InChI=1S/C15H19N2O4.C13H15BrN2O4/c1-20-11-5-6-12-13(10-11)21-15(17(12)19)7-9-16-8-3-2-4-14(16)18;1-8(14)13(17)15-6-5-12-16(18)10-4-3-9(19-2)7-11(10)20-12/h5-6,10,15H,2-4,7-9H2,1H3;3-4,7-8,12H,5-6H2,1-2H3/q+1;/p+1. The first-order valence-corrected chi connectivity index (χ1v) is 14.4. The average molecular weight is 636 g/mol. The van der Waals surface area contributed by atoms with Gasteiger partial charge in [0.25, 0.3) is 0 Å². The minimum absolute atomic E-state index is 0.111. The zero-order valence-corrected chi connectivity index (χ0v) is 24.9. The van der Waals surface area contributed by atoms with Crippen molar-refractivity contribution in [3.05, 3.63) is 46.2 Å². The van der Waals surface area contributed by atoms with Crippen molar-refractivity contribution in [2.75, 3.05) is 33.9 Å². The highest BCUT2D eigenvalue weighted by molar-refractivity contribution is 9.10. The quantitative estimate of drug-likeness (QED) is 0.319. The molecule has 3 aliphatic rings. The number of nitrogens with zero attached hydrogens (tertiary/aromatic N) is 3. The number of hydrogen-bond donors (Lipinski definition) is 1. The van der Waals surface area contributed by atoms with Crippen LogP contribution in [0.15, 0.2) is 36.4 Å². The molecule has 2 aromatic rings. The summed E-state index contributed by atoms with van der Waals surface area (Å²) in [6.07, 6.45) is 2.34. The first kappa shape index (κ1) is 30.2. The monoisotopic (exact) mass is 634 g/mol. The van der Waals surface area contributed by atoms with Crippen molar-refractivity contribution in [1.29, 1.82) is 0 Å². The average Bonchev–Trinajstić information content (AvgIpc) is 3.47. The van der Waals surface area contributed by atoms with E-state index in [2.05, 4.69) is 21.2 Å². The van der Waals surface area contributed by atoms with E-state index in [4.69, 9.17) is 18.9 Å². The van der Waals surface area contributed by atoms with Crippen LogP contribution in [0.1, 0.15) is 39.0 Å². The number of amides is 2. The molecule has 13 heteroatoms. The van der Waals surface area contributed by atoms with Crippen LogP contribution < -0.4 is 24.3 Å². The Morgan fingerprint density at radius 3 is 2.07 bits per heavy atom. The zero-order valence-electron chi connectivity index (χ0n) is 23.3. The highest BCUT2D eigenvalue weighted by Crippen LogP contribution is 2.39. The van der Waals surface area contributed by atoms with Crippen LogP contribution in [0.5, 0.6) is 23.0 Å². The highest BCUT2D eigenvalue weighted by atomic mass is 79.9. The predicted molar refractivity (Wildman–Crippen MR) is 152 cm³/mol. The zero-order chi connectivity index (χ0) is 29.5. The minimum atomic E-state index is -0.622. The molecule has 1 N–H and O–H groups in total. The van der Waals surface area contributed by atoms with Gasteiger partial charge in [0.1, 0.15) is 11.5 Å². The summed E-state index contributed by atoms with van der Waals surface area (Å²) in [5, 5.41) is 2.72. The van der Waals surface area contributed by atoms with Crippen LogP contribution in [-0.2, 0) is 9.59 Å². The van der Waals surface area contributed by atoms with Gasteiger partial charge in [-0.1, -0.05) is 15.9 Å². The molecule has 2 amide bonds. The number of benzene rings is 2. The second-order valence-corrected chi connectivity index (χ2v) is 11.2. The summed E-state index contributed by atoms with van der Waals surface area (Å²) in [6, 6.07) is 10.2. The van der Waals surface area contributed by atoms with Crippen LogP contribution in [0.3, 0.4) is 0 Å². The van der Waals surface area contributed by atoms with Crippen LogP contribution in [0.25, 0.3) is 0 Å². The van der Waals surface area contributed by atoms with Crippen molar-refractivity contribution < 1.29 is 38.1 Å². The van der Waals surface area contributed by atoms with E-state index in [0.717, 1.165) is 28.9 Å². The molecule has 1 fully saturated rings. The van der Waals surface area contributed by atoms with E-state index in [-0.39, 0.29) is 16.6 Å². The number of fused-ring (bicyclic) bond motifs is 2. The molecule has 1 saturated heterocycles. The van der Waals surface area contributed by atoms with E-state index in [1.54, 1.807) is 57.5 Å². The van der Waals surface area contributed by atoms with Crippen molar-refractivity contribution in [2.45, 2.75) is 56.3 Å². The Labute approximate surface area is 246 Å². The van der Waals surface area contributed by atoms with Crippen molar-refractivity contribution >= 4 is 39.1 Å². The third-order valence-electron chi connectivity index (χ3n) is 6.98. The smallest absolute Gasteiger partial charge is 0.352 e. The maximum Gasteiger partial charge on any atom is 0.352 e. The number of methoxy groups -OCH3 is 2. The normalized spacial score (nSPS) is 19.7. The first-order chi connectivity index (χ1) is 19.7. The predicted octanol–water partition coefficient (Wildman–Crippen LogP) is 4.34. The molecule has 220 valence electrons. The molecule has 0 aromatic heterocycles. The summed E-state index contributed by atoms with van der Waals surface area (Å²) in [4.78, 5) is 49.0. The molecule has 0 aliphatic carbocycles. The fourth-order valence-electron chi connectivity index (χ4n) is 4.67. The summed E-state index contributed by atoms with van der Waals surface area (Å²) >= 11 is 3.18. The number of likely N-dealkylation sites (tertiary alicyclic amines) is 1. The van der Waals surface area contributed by atoms with Crippen LogP contribution in [0, 0.1) is 9.81 Å². The molecule has 0 radical (unpaired) electrons. The number of rotatable bonds is 9. The lowest BCUT2D eigenvalue weighted by Gasteiger charge is -2.26. The minimum Gasteiger partial charge on any atom is -0.497 e. The van der Waals surface area contributed by atoms with Crippen LogP contribution in [0.4, 0.5) is 11.4 Å². The molecule has 5 rings (SSSR count). The first-order valence-electron chi connectivity index (χ1n) is 13.5. The van der Waals surface area contributed by atoms with Gasteiger partial charge in [0.15, 0.2) is 0 Å². The molecule has 0 bridgehead atoms. The van der Waals surface area contributed by atoms with Crippen molar-refractivity contribution in [3.63, 3.8) is 0 Å². The Hall–Kier alpha value is -3.74. The topological polar surface area (TPSA) is 126 Å². The molecule has 3 heterocycles. The molecular weight excluding hydrogens is 600 g/mol. The van der Waals surface area contributed by atoms with Gasteiger partial charge in [-0.05, 0) is 31.9 Å². The van der Waals surface area contributed by atoms with Crippen LogP contribution in [0.2, 0.25) is 0 Å². The second-order valence-electron chi connectivity index (χ2n) is 9.79. The molecule has 3 aliphatic heterocycles. The second kappa shape index (κ2) is 13.7. The van der Waals surface area contributed by atoms with E-state index in [0.29, 0.717) is 66.7 Å². The van der Waals surface area contributed by atoms with Crippen molar-refractivity contribution in [3.8, 4) is 23.0 Å². The molecule has 0 saturated carbocycles. The van der Waals surface area contributed by atoms with Gasteiger partial charge in [0.05, 0.1) is 41.4 Å². The Kier molecular flexibility index (Phi) is 10.1.